The van der Waals surface area contributed by atoms with Crippen LogP contribution in [0.25, 0.3) is 0 Å². The molecule has 1 heterocycles. The Bertz CT molecular complexity index is 413. The van der Waals surface area contributed by atoms with Crippen LogP contribution in [-0.2, 0) is 7.05 Å². The highest BCUT2D eigenvalue weighted by atomic mass is 16.6. The van der Waals surface area contributed by atoms with Gasteiger partial charge in [0.1, 0.15) is 6.20 Å². The number of likely N-dealkylation sites (N-methyl/N-ethyl adjacent to an activating group) is 1. The van der Waals surface area contributed by atoms with Crippen LogP contribution in [0, 0.1) is 10.1 Å². The second-order valence-electron chi connectivity index (χ2n) is 4.43. The van der Waals surface area contributed by atoms with Crippen LogP contribution in [0.3, 0.4) is 0 Å². The molecule has 94 valence electrons. The summed E-state index contributed by atoms with van der Waals surface area (Å²) < 4.78 is 1.45. The zero-order valence-corrected chi connectivity index (χ0v) is 10.1. The lowest BCUT2D eigenvalue weighted by molar-refractivity contribution is -0.384. The van der Waals surface area contributed by atoms with E-state index in [0.29, 0.717) is 18.4 Å². The maximum absolute atomic E-state index is 10.8. The predicted molar refractivity (Wildman–Crippen MR) is 64.0 cm³/mol. The van der Waals surface area contributed by atoms with E-state index in [1.54, 1.807) is 7.05 Å². The van der Waals surface area contributed by atoms with Gasteiger partial charge in [-0.25, -0.2) is 0 Å². The molecule has 2 rings (SSSR count). The average Bonchev–Trinajstić information content (AvgIpc) is 3.03. The van der Waals surface area contributed by atoms with Crippen molar-refractivity contribution in [2.45, 2.75) is 18.9 Å². The third kappa shape index (κ3) is 2.94. The predicted octanol–water partition coefficient (Wildman–Crippen LogP) is 0.834. The minimum Gasteiger partial charge on any atom is -0.362 e. The first-order valence-electron chi connectivity index (χ1n) is 5.70. The molecule has 1 aromatic heterocycles. The van der Waals surface area contributed by atoms with E-state index >= 15 is 0 Å². The largest absolute Gasteiger partial charge is 0.362 e. The van der Waals surface area contributed by atoms with Gasteiger partial charge in [0.05, 0.1) is 4.92 Å². The Morgan fingerprint density at radius 2 is 2.41 bits per heavy atom. The monoisotopic (exact) mass is 239 g/mol. The summed E-state index contributed by atoms with van der Waals surface area (Å²) in [6.45, 7) is 1.54. The maximum atomic E-state index is 10.8. The number of aromatic nitrogens is 2. The molecule has 1 aliphatic rings. The molecule has 17 heavy (non-hydrogen) atoms. The fourth-order valence-electron chi connectivity index (χ4n) is 1.78. The van der Waals surface area contributed by atoms with Crippen LogP contribution in [0.2, 0.25) is 0 Å². The molecule has 0 atom stereocenters. The number of nitro groups is 1. The highest BCUT2D eigenvalue weighted by Crippen LogP contribution is 2.25. The second-order valence-corrected chi connectivity index (χ2v) is 4.43. The summed E-state index contributed by atoms with van der Waals surface area (Å²) in [4.78, 5) is 12.6. The van der Waals surface area contributed by atoms with Gasteiger partial charge in [-0.05, 0) is 19.9 Å². The van der Waals surface area contributed by atoms with Crippen molar-refractivity contribution in [2.24, 2.45) is 7.05 Å². The van der Waals surface area contributed by atoms with E-state index in [-0.39, 0.29) is 5.69 Å². The molecule has 0 radical (unpaired) electrons. The quantitative estimate of drug-likeness (QED) is 0.588. The first-order chi connectivity index (χ1) is 8.08. The van der Waals surface area contributed by atoms with E-state index in [9.17, 15) is 10.1 Å². The number of anilines is 1. The smallest absolute Gasteiger partial charge is 0.330 e. The van der Waals surface area contributed by atoms with Crippen LogP contribution >= 0.6 is 0 Å². The van der Waals surface area contributed by atoms with Gasteiger partial charge in [-0.3, -0.25) is 14.8 Å². The van der Waals surface area contributed by atoms with Gasteiger partial charge in [0.15, 0.2) is 0 Å². The van der Waals surface area contributed by atoms with Crippen molar-refractivity contribution >= 4 is 11.5 Å². The van der Waals surface area contributed by atoms with Crippen molar-refractivity contribution < 1.29 is 4.92 Å². The zero-order chi connectivity index (χ0) is 12.4. The van der Waals surface area contributed by atoms with Crippen molar-refractivity contribution in [3.8, 4) is 0 Å². The Balaban J connectivity index is 1.87. The Kier molecular flexibility index (Phi) is 3.28. The summed E-state index contributed by atoms with van der Waals surface area (Å²) in [5.74, 6) is 0.349. The highest BCUT2D eigenvalue weighted by molar-refractivity contribution is 5.54. The van der Waals surface area contributed by atoms with Crippen molar-refractivity contribution in [3.05, 3.63) is 16.3 Å². The van der Waals surface area contributed by atoms with E-state index in [1.165, 1.54) is 23.7 Å². The molecule has 0 bridgehead atoms. The summed E-state index contributed by atoms with van der Waals surface area (Å²) in [5.41, 5.74) is 0.0292. The molecular weight excluding hydrogens is 222 g/mol. The normalized spacial score (nSPS) is 15.2. The maximum Gasteiger partial charge on any atom is 0.330 e. The Morgan fingerprint density at radius 1 is 1.71 bits per heavy atom. The molecule has 7 nitrogen and oxygen atoms in total. The fraction of sp³-hybridized carbons (Fsp3) is 0.700. The summed E-state index contributed by atoms with van der Waals surface area (Å²) in [7, 11) is 3.75. The lowest BCUT2D eigenvalue weighted by atomic mass is 10.4. The van der Waals surface area contributed by atoms with E-state index in [1.807, 2.05) is 0 Å². The third-order valence-corrected chi connectivity index (χ3v) is 2.93. The molecule has 0 amide bonds. The van der Waals surface area contributed by atoms with Crippen LogP contribution in [-0.4, -0.2) is 45.8 Å². The third-order valence-electron chi connectivity index (χ3n) is 2.93. The molecule has 0 aliphatic heterocycles. The molecule has 1 N–H and O–H groups in total. The lowest BCUT2D eigenvalue weighted by Gasteiger charge is -2.15. The van der Waals surface area contributed by atoms with Crippen molar-refractivity contribution in [2.75, 3.05) is 25.5 Å². The first-order valence-corrected chi connectivity index (χ1v) is 5.70. The molecule has 0 saturated heterocycles. The molecule has 0 aromatic carbocycles. The van der Waals surface area contributed by atoms with Crippen LogP contribution in [0.5, 0.6) is 0 Å². The summed E-state index contributed by atoms with van der Waals surface area (Å²) in [6.07, 6.45) is 3.94. The Labute approximate surface area is 99.6 Å². The summed E-state index contributed by atoms with van der Waals surface area (Å²) in [6, 6.07) is 0.704. The molecule has 7 heteroatoms. The van der Waals surface area contributed by atoms with Crippen LogP contribution < -0.4 is 5.32 Å². The topological polar surface area (TPSA) is 76.2 Å². The minimum absolute atomic E-state index is 0.0292. The van der Waals surface area contributed by atoms with E-state index in [0.717, 1.165) is 6.54 Å². The van der Waals surface area contributed by atoms with E-state index < -0.39 is 4.92 Å². The zero-order valence-electron chi connectivity index (χ0n) is 10.1. The SMILES string of the molecule is CN(CCNc1nn(C)cc1[N+](=O)[O-])C1CC1. The van der Waals surface area contributed by atoms with E-state index in [2.05, 4.69) is 22.4 Å². The molecule has 0 spiro atoms. The number of aryl methyl sites for hydroxylation is 1. The van der Waals surface area contributed by atoms with Gasteiger partial charge in [-0.15, -0.1) is 5.10 Å². The Hall–Kier alpha value is -1.63. The number of rotatable bonds is 6. The number of hydrogen-bond acceptors (Lipinski definition) is 5. The van der Waals surface area contributed by atoms with E-state index in [4.69, 9.17) is 0 Å². The second kappa shape index (κ2) is 4.70. The summed E-state index contributed by atoms with van der Waals surface area (Å²) >= 11 is 0. The molecule has 1 aliphatic carbocycles. The van der Waals surface area contributed by atoms with Gasteiger partial charge in [0.2, 0.25) is 5.82 Å². The van der Waals surface area contributed by atoms with Gasteiger partial charge in [-0.1, -0.05) is 0 Å². The number of nitrogens with zero attached hydrogens (tertiary/aromatic N) is 4. The first kappa shape index (κ1) is 11.8. The van der Waals surface area contributed by atoms with Gasteiger partial charge < -0.3 is 10.2 Å². The lowest BCUT2D eigenvalue weighted by Crippen LogP contribution is -2.27. The molecular formula is C10H17N5O2. The highest BCUT2D eigenvalue weighted by Gasteiger charge is 2.25. The standard InChI is InChI=1S/C10H17N5O2/c1-13(8-3-4-8)6-5-11-10-9(15(16)17)7-14(2)12-10/h7-8H,3-6H2,1-2H3,(H,11,12). The van der Waals surface area contributed by atoms with Gasteiger partial charge in [-0.2, -0.15) is 0 Å². The van der Waals surface area contributed by atoms with Crippen molar-refractivity contribution in [1.29, 1.82) is 0 Å². The van der Waals surface area contributed by atoms with Crippen LogP contribution in [0.15, 0.2) is 6.20 Å². The van der Waals surface area contributed by atoms with Gasteiger partial charge in [0, 0.05) is 26.2 Å². The molecule has 1 aromatic rings. The van der Waals surface area contributed by atoms with Crippen LogP contribution in [0.1, 0.15) is 12.8 Å². The van der Waals surface area contributed by atoms with Crippen molar-refractivity contribution in [3.63, 3.8) is 0 Å². The minimum atomic E-state index is -0.417. The van der Waals surface area contributed by atoms with Crippen molar-refractivity contribution in [1.82, 2.24) is 14.7 Å². The number of nitrogens with one attached hydrogen (secondary N) is 1. The fourth-order valence-corrected chi connectivity index (χ4v) is 1.78. The Morgan fingerprint density at radius 3 is 3.00 bits per heavy atom. The molecule has 1 fully saturated rings. The number of hydrogen-bond donors (Lipinski definition) is 1. The van der Waals surface area contributed by atoms with Gasteiger partial charge >= 0.3 is 5.69 Å². The van der Waals surface area contributed by atoms with Gasteiger partial charge in [0.25, 0.3) is 0 Å². The average molecular weight is 239 g/mol. The summed E-state index contributed by atoms with van der Waals surface area (Å²) in [5, 5.41) is 17.8. The van der Waals surface area contributed by atoms with Crippen LogP contribution in [0.4, 0.5) is 11.5 Å². The molecule has 0 unspecified atom stereocenters. The molecule has 1 saturated carbocycles.